The first-order valence-corrected chi connectivity index (χ1v) is 12.0. The standard InChI is InChI=1S/C23H26N4O2S2/c24-18-10-12-19(13-11-18)30-16-22(29)25-14-6-2-5-9-21(28)27-23-26-20(15-31-23)17-7-3-1-4-8-17/h1,3-4,7-8,10-13,15H,2,5-6,9,14,16,24H2,(H,25,29)(H,26,27,28). The van der Waals surface area contributed by atoms with Crippen molar-refractivity contribution >= 4 is 45.7 Å². The number of amides is 2. The Morgan fingerprint density at radius 3 is 2.52 bits per heavy atom. The van der Waals surface area contributed by atoms with Crippen LogP contribution in [-0.2, 0) is 9.59 Å². The van der Waals surface area contributed by atoms with E-state index < -0.39 is 0 Å². The molecule has 162 valence electrons. The van der Waals surface area contributed by atoms with Gasteiger partial charge in [0.1, 0.15) is 0 Å². The van der Waals surface area contributed by atoms with Gasteiger partial charge in [0.15, 0.2) is 5.13 Å². The second kappa shape index (κ2) is 12.1. The second-order valence-corrected chi connectivity index (χ2v) is 8.88. The third-order valence-corrected chi connectivity index (χ3v) is 6.24. The summed E-state index contributed by atoms with van der Waals surface area (Å²) in [5.41, 5.74) is 8.27. The highest BCUT2D eigenvalue weighted by Crippen LogP contribution is 2.24. The Morgan fingerprint density at radius 1 is 0.968 bits per heavy atom. The summed E-state index contributed by atoms with van der Waals surface area (Å²) in [6.07, 6.45) is 2.95. The van der Waals surface area contributed by atoms with E-state index >= 15 is 0 Å². The van der Waals surface area contributed by atoms with Crippen molar-refractivity contribution in [3.05, 3.63) is 60.0 Å². The molecule has 0 fully saturated rings. The quantitative estimate of drug-likeness (QED) is 0.220. The first-order chi connectivity index (χ1) is 15.1. The topological polar surface area (TPSA) is 97.1 Å². The van der Waals surface area contributed by atoms with E-state index in [0.29, 0.717) is 29.5 Å². The number of thioether (sulfide) groups is 1. The zero-order valence-corrected chi connectivity index (χ0v) is 18.8. The van der Waals surface area contributed by atoms with Gasteiger partial charge in [0.2, 0.25) is 11.8 Å². The van der Waals surface area contributed by atoms with Gasteiger partial charge in [-0.2, -0.15) is 0 Å². The molecule has 0 aliphatic heterocycles. The number of nitrogens with two attached hydrogens (primary N) is 1. The third-order valence-electron chi connectivity index (χ3n) is 4.47. The molecule has 1 heterocycles. The van der Waals surface area contributed by atoms with Gasteiger partial charge in [0, 0.05) is 34.5 Å². The molecule has 2 aromatic carbocycles. The molecule has 1 aromatic heterocycles. The minimum Gasteiger partial charge on any atom is -0.399 e. The van der Waals surface area contributed by atoms with Crippen molar-refractivity contribution < 1.29 is 9.59 Å². The molecule has 3 aromatic rings. The number of aromatic nitrogens is 1. The Morgan fingerprint density at radius 2 is 1.74 bits per heavy atom. The van der Waals surface area contributed by atoms with Crippen molar-refractivity contribution in [3.8, 4) is 11.3 Å². The Labute approximate surface area is 190 Å². The molecular formula is C23H26N4O2S2. The lowest BCUT2D eigenvalue weighted by Gasteiger charge is -2.06. The highest BCUT2D eigenvalue weighted by Gasteiger charge is 2.08. The molecule has 0 radical (unpaired) electrons. The predicted octanol–water partition coefficient (Wildman–Crippen LogP) is 4.80. The number of rotatable bonds is 11. The summed E-state index contributed by atoms with van der Waals surface area (Å²) in [4.78, 5) is 29.5. The number of anilines is 2. The summed E-state index contributed by atoms with van der Waals surface area (Å²) in [7, 11) is 0. The van der Waals surface area contributed by atoms with Crippen LogP contribution < -0.4 is 16.4 Å². The molecule has 0 unspecified atom stereocenters. The number of hydrogen-bond donors (Lipinski definition) is 3. The average molecular weight is 455 g/mol. The SMILES string of the molecule is Nc1ccc(SCC(=O)NCCCCCC(=O)Nc2nc(-c3ccccc3)cs2)cc1. The number of nitrogens with zero attached hydrogens (tertiary/aromatic N) is 1. The van der Waals surface area contributed by atoms with E-state index in [1.165, 1.54) is 23.1 Å². The first-order valence-electron chi connectivity index (χ1n) is 10.2. The van der Waals surface area contributed by atoms with Crippen LogP contribution in [0.1, 0.15) is 25.7 Å². The Bertz CT molecular complexity index is 975. The van der Waals surface area contributed by atoms with Crippen molar-refractivity contribution in [2.24, 2.45) is 0 Å². The van der Waals surface area contributed by atoms with E-state index in [-0.39, 0.29) is 11.8 Å². The largest absolute Gasteiger partial charge is 0.399 e. The Balaban J connectivity index is 1.24. The normalized spacial score (nSPS) is 10.6. The molecule has 8 heteroatoms. The van der Waals surface area contributed by atoms with E-state index in [2.05, 4.69) is 15.6 Å². The molecular weight excluding hydrogens is 428 g/mol. The number of benzene rings is 2. The van der Waals surface area contributed by atoms with Crippen LogP contribution in [0.4, 0.5) is 10.8 Å². The molecule has 3 rings (SSSR count). The lowest BCUT2D eigenvalue weighted by Crippen LogP contribution is -2.26. The first kappa shape index (κ1) is 22.8. The number of unbranched alkanes of at least 4 members (excludes halogenated alkanes) is 2. The highest BCUT2D eigenvalue weighted by molar-refractivity contribution is 8.00. The molecule has 0 aliphatic rings. The molecule has 0 spiro atoms. The molecule has 0 saturated carbocycles. The third kappa shape index (κ3) is 8.07. The van der Waals surface area contributed by atoms with Gasteiger partial charge < -0.3 is 16.4 Å². The fourth-order valence-corrected chi connectivity index (χ4v) is 4.30. The van der Waals surface area contributed by atoms with Crippen LogP contribution >= 0.6 is 23.1 Å². The summed E-state index contributed by atoms with van der Waals surface area (Å²) in [5.74, 6) is 0.362. The minimum absolute atomic E-state index is 0.0116. The fourth-order valence-electron chi connectivity index (χ4n) is 2.83. The van der Waals surface area contributed by atoms with Gasteiger partial charge in [-0.15, -0.1) is 23.1 Å². The summed E-state index contributed by atoms with van der Waals surface area (Å²) >= 11 is 2.91. The predicted molar refractivity (Wildman–Crippen MR) is 129 cm³/mol. The minimum atomic E-state index is -0.0297. The summed E-state index contributed by atoms with van der Waals surface area (Å²) in [5, 5.41) is 8.35. The molecule has 4 N–H and O–H groups in total. The number of carbonyl (C=O) groups excluding carboxylic acids is 2. The lowest BCUT2D eigenvalue weighted by molar-refractivity contribution is -0.118. The monoisotopic (exact) mass is 454 g/mol. The van der Waals surface area contributed by atoms with E-state index in [9.17, 15) is 9.59 Å². The lowest BCUT2D eigenvalue weighted by atomic mass is 10.2. The number of nitrogens with one attached hydrogen (secondary N) is 2. The van der Waals surface area contributed by atoms with Crippen molar-refractivity contribution in [1.82, 2.24) is 10.3 Å². The molecule has 0 bridgehead atoms. The molecule has 0 atom stereocenters. The van der Waals surface area contributed by atoms with Crippen LogP contribution in [0.5, 0.6) is 0 Å². The van der Waals surface area contributed by atoms with Gasteiger partial charge in [-0.05, 0) is 37.1 Å². The number of thiazole rings is 1. The Kier molecular flexibility index (Phi) is 8.93. The maximum atomic E-state index is 12.1. The molecule has 2 amide bonds. The van der Waals surface area contributed by atoms with Crippen LogP contribution in [0.3, 0.4) is 0 Å². The van der Waals surface area contributed by atoms with Gasteiger partial charge in [-0.1, -0.05) is 36.8 Å². The van der Waals surface area contributed by atoms with Crippen molar-refractivity contribution in [2.75, 3.05) is 23.3 Å². The Hall–Kier alpha value is -2.84. The van der Waals surface area contributed by atoms with Crippen molar-refractivity contribution in [2.45, 2.75) is 30.6 Å². The number of nitrogen functional groups attached to an aromatic ring is 1. The number of carbonyl (C=O) groups is 2. The number of hydrogen-bond acceptors (Lipinski definition) is 6. The van der Waals surface area contributed by atoms with Gasteiger partial charge >= 0.3 is 0 Å². The van der Waals surface area contributed by atoms with Gasteiger partial charge in [0.05, 0.1) is 11.4 Å². The molecule has 0 saturated heterocycles. The molecule has 6 nitrogen and oxygen atoms in total. The highest BCUT2D eigenvalue weighted by atomic mass is 32.2. The average Bonchev–Trinajstić information content (AvgIpc) is 3.25. The molecule has 0 aliphatic carbocycles. The maximum absolute atomic E-state index is 12.1. The summed E-state index contributed by atoms with van der Waals surface area (Å²) in [6, 6.07) is 17.4. The van der Waals surface area contributed by atoms with Crippen LogP contribution in [0, 0.1) is 0 Å². The van der Waals surface area contributed by atoms with Crippen LogP contribution in [0.2, 0.25) is 0 Å². The van der Waals surface area contributed by atoms with E-state index in [1.54, 1.807) is 0 Å². The van der Waals surface area contributed by atoms with Gasteiger partial charge in [0.25, 0.3) is 0 Å². The summed E-state index contributed by atoms with van der Waals surface area (Å²) in [6.45, 7) is 0.621. The maximum Gasteiger partial charge on any atom is 0.230 e. The van der Waals surface area contributed by atoms with Crippen molar-refractivity contribution in [3.63, 3.8) is 0 Å². The van der Waals surface area contributed by atoms with Crippen molar-refractivity contribution in [1.29, 1.82) is 0 Å². The summed E-state index contributed by atoms with van der Waals surface area (Å²) < 4.78 is 0. The van der Waals surface area contributed by atoms with E-state index in [1.807, 2.05) is 60.0 Å². The van der Waals surface area contributed by atoms with Crippen LogP contribution in [-0.4, -0.2) is 29.1 Å². The zero-order chi connectivity index (χ0) is 21.9. The second-order valence-electron chi connectivity index (χ2n) is 6.97. The van der Waals surface area contributed by atoms with Crippen LogP contribution in [0.15, 0.2) is 64.9 Å². The van der Waals surface area contributed by atoms with Gasteiger partial charge in [-0.25, -0.2) is 4.98 Å². The van der Waals surface area contributed by atoms with E-state index in [0.717, 1.165) is 35.4 Å². The fraction of sp³-hybridized carbons (Fsp3) is 0.261. The zero-order valence-electron chi connectivity index (χ0n) is 17.2. The molecule has 31 heavy (non-hydrogen) atoms. The van der Waals surface area contributed by atoms with Gasteiger partial charge in [-0.3, -0.25) is 9.59 Å². The van der Waals surface area contributed by atoms with E-state index in [4.69, 9.17) is 5.73 Å². The van der Waals surface area contributed by atoms with Crippen LogP contribution in [0.25, 0.3) is 11.3 Å². The smallest absolute Gasteiger partial charge is 0.230 e.